The highest BCUT2D eigenvalue weighted by molar-refractivity contribution is 5.89. The quantitative estimate of drug-likeness (QED) is 0.623. The van der Waals surface area contributed by atoms with Crippen molar-refractivity contribution in [1.29, 1.82) is 0 Å². The summed E-state index contributed by atoms with van der Waals surface area (Å²) in [6, 6.07) is 9.62. The first-order valence-electron chi connectivity index (χ1n) is 7.22. The summed E-state index contributed by atoms with van der Waals surface area (Å²) in [6.07, 6.45) is 2.81. The number of nitrogens with zero attached hydrogens (tertiary/aromatic N) is 1. The smallest absolute Gasteiger partial charge is 0.338 e. The lowest BCUT2D eigenvalue weighted by Crippen LogP contribution is -2.48. The maximum absolute atomic E-state index is 12.1. The van der Waals surface area contributed by atoms with Crippen LogP contribution in [-0.4, -0.2) is 36.1 Å². The van der Waals surface area contributed by atoms with Crippen molar-refractivity contribution in [3.05, 3.63) is 48.6 Å². The molecule has 20 heavy (non-hydrogen) atoms. The predicted octanol–water partition coefficient (Wildman–Crippen LogP) is 3.13. The van der Waals surface area contributed by atoms with Gasteiger partial charge < -0.3 is 4.74 Å². The molecule has 1 fully saturated rings. The second-order valence-electron chi connectivity index (χ2n) is 5.61. The molecular formula is C17H23NO2. The number of likely N-dealkylation sites (tertiary alicyclic amines) is 1. The van der Waals surface area contributed by atoms with Crippen LogP contribution in [0.5, 0.6) is 0 Å². The Balaban J connectivity index is 1.97. The van der Waals surface area contributed by atoms with Crippen molar-refractivity contribution in [2.75, 3.05) is 13.1 Å². The summed E-state index contributed by atoms with van der Waals surface area (Å²) in [7, 11) is 0. The molecular weight excluding hydrogens is 250 g/mol. The van der Waals surface area contributed by atoms with E-state index in [0.29, 0.717) is 17.5 Å². The fraction of sp³-hybridized carbons (Fsp3) is 0.471. The van der Waals surface area contributed by atoms with E-state index >= 15 is 0 Å². The molecule has 0 saturated carbocycles. The molecule has 0 bridgehead atoms. The van der Waals surface area contributed by atoms with E-state index in [1.807, 2.05) is 24.3 Å². The van der Waals surface area contributed by atoms with E-state index in [1.54, 1.807) is 12.1 Å². The van der Waals surface area contributed by atoms with Crippen LogP contribution < -0.4 is 0 Å². The molecule has 3 nitrogen and oxygen atoms in total. The molecule has 0 spiro atoms. The normalized spacial score (nSPS) is 27.0. The van der Waals surface area contributed by atoms with E-state index in [1.165, 1.54) is 0 Å². The zero-order valence-electron chi connectivity index (χ0n) is 12.3. The maximum atomic E-state index is 12.1. The minimum absolute atomic E-state index is 0.00114. The molecule has 1 saturated heterocycles. The maximum Gasteiger partial charge on any atom is 0.338 e. The SMILES string of the molecule is C=CCN1C[C@@H](C)[C@@H](OC(=O)c2ccccc2)C[C@@H]1C. The first-order chi connectivity index (χ1) is 9.61. The van der Waals surface area contributed by atoms with Crippen LogP contribution in [0, 0.1) is 5.92 Å². The molecule has 1 aromatic carbocycles. The Bertz CT molecular complexity index is 457. The molecule has 3 atom stereocenters. The Kier molecular flexibility index (Phi) is 4.96. The number of esters is 1. The predicted molar refractivity (Wildman–Crippen MR) is 80.7 cm³/mol. The van der Waals surface area contributed by atoms with E-state index in [2.05, 4.69) is 25.3 Å². The summed E-state index contributed by atoms with van der Waals surface area (Å²) >= 11 is 0. The molecule has 1 aromatic rings. The average Bonchev–Trinajstić information content (AvgIpc) is 2.45. The van der Waals surface area contributed by atoms with Crippen LogP contribution >= 0.6 is 0 Å². The van der Waals surface area contributed by atoms with E-state index in [4.69, 9.17) is 4.74 Å². The molecule has 1 aliphatic rings. The summed E-state index contributed by atoms with van der Waals surface area (Å²) in [5.74, 6) is 0.130. The van der Waals surface area contributed by atoms with Gasteiger partial charge in [-0.05, 0) is 19.1 Å². The lowest BCUT2D eigenvalue weighted by molar-refractivity contribution is -0.0228. The number of benzene rings is 1. The lowest BCUT2D eigenvalue weighted by atomic mass is 9.91. The van der Waals surface area contributed by atoms with Gasteiger partial charge in [-0.15, -0.1) is 6.58 Å². The zero-order valence-corrected chi connectivity index (χ0v) is 12.3. The van der Waals surface area contributed by atoms with Gasteiger partial charge in [-0.1, -0.05) is 31.2 Å². The number of piperidine rings is 1. The second kappa shape index (κ2) is 6.71. The molecule has 0 unspecified atom stereocenters. The summed E-state index contributed by atoms with van der Waals surface area (Å²) in [4.78, 5) is 14.5. The Morgan fingerprint density at radius 1 is 1.40 bits per heavy atom. The van der Waals surface area contributed by atoms with E-state index in [-0.39, 0.29) is 12.1 Å². The van der Waals surface area contributed by atoms with Gasteiger partial charge in [0, 0.05) is 31.5 Å². The van der Waals surface area contributed by atoms with E-state index in [0.717, 1.165) is 19.5 Å². The third kappa shape index (κ3) is 3.48. The van der Waals surface area contributed by atoms with Gasteiger partial charge in [0.1, 0.15) is 6.10 Å². The number of ether oxygens (including phenoxy) is 1. The molecule has 3 heteroatoms. The summed E-state index contributed by atoms with van der Waals surface area (Å²) in [5.41, 5.74) is 0.626. The number of rotatable bonds is 4. The standard InChI is InChI=1S/C17H23NO2/c1-4-10-18-12-13(2)16(11-14(18)3)20-17(19)15-8-6-5-7-9-15/h4-9,13-14,16H,1,10-12H2,2-3H3/t13-,14+,16+/m1/s1. The number of hydrogen-bond donors (Lipinski definition) is 0. The van der Waals surface area contributed by atoms with Gasteiger partial charge in [0.25, 0.3) is 0 Å². The van der Waals surface area contributed by atoms with Crippen LogP contribution in [0.3, 0.4) is 0 Å². The van der Waals surface area contributed by atoms with Gasteiger partial charge in [-0.3, -0.25) is 4.90 Å². The van der Waals surface area contributed by atoms with Crippen molar-refractivity contribution in [3.8, 4) is 0 Å². The van der Waals surface area contributed by atoms with Gasteiger partial charge >= 0.3 is 5.97 Å². The third-order valence-electron chi connectivity index (χ3n) is 3.99. The van der Waals surface area contributed by atoms with Crippen molar-refractivity contribution in [1.82, 2.24) is 4.90 Å². The van der Waals surface area contributed by atoms with Crippen molar-refractivity contribution in [2.45, 2.75) is 32.4 Å². The Morgan fingerprint density at radius 3 is 2.75 bits per heavy atom. The topological polar surface area (TPSA) is 29.5 Å². The van der Waals surface area contributed by atoms with Crippen molar-refractivity contribution < 1.29 is 9.53 Å². The average molecular weight is 273 g/mol. The molecule has 0 amide bonds. The van der Waals surface area contributed by atoms with E-state index in [9.17, 15) is 4.79 Å². The van der Waals surface area contributed by atoms with Crippen LogP contribution in [0.1, 0.15) is 30.6 Å². The Morgan fingerprint density at radius 2 is 2.10 bits per heavy atom. The van der Waals surface area contributed by atoms with Gasteiger partial charge in [-0.2, -0.15) is 0 Å². The third-order valence-corrected chi connectivity index (χ3v) is 3.99. The van der Waals surface area contributed by atoms with Crippen LogP contribution in [0.4, 0.5) is 0 Å². The largest absolute Gasteiger partial charge is 0.458 e. The molecule has 0 aliphatic carbocycles. The minimum Gasteiger partial charge on any atom is -0.458 e. The second-order valence-corrected chi connectivity index (χ2v) is 5.61. The van der Waals surface area contributed by atoms with Crippen molar-refractivity contribution in [2.24, 2.45) is 5.92 Å². The monoisotopic (exact) mass is 273 g/mol. The molecule has 0 radical (unpaired) electrons. The highest BCUT2D eigenvalue weighted by atomic mass is 16.5. The molecule has 2 rings (SSSR count). The number of carbonyl (C=O) groups excluding carboxylic acids is 1. The van der Waals surface area contributed by atoms with Crippen LogP contribution in [0.15, 0.2) is 43.0 Å². The van der Waals surface area contributed by atoms with Crippen molar-refractivity contribution in [3.63, 3.8) is 0 Å². The first-order valence-corrected chi connectivity index (χ1v) is 7.22. The summed E-state index contributed by atoms with van der Waals surface area (Å²) < 4.78 is 5.70. The Labute approximate surface area is 121 Å². The highest BCUT2D eigenvalue weighted by Gasteiger charge is 2.32. The number of hydrogen-bond acceptors (Lipinski definition) is 3. The van der Waals surface area contributed by atoms with Crippen molar-refractivity contribution >= 4 is 5.97 Å². The fourth-order valence-corrected chi connectivity index (χ4v) is 2.75. The van der Waals surface area contributed by atoms with Crippen LogP contribution in [-0.2, 0) is 4.74 Å². The Hall–Kier alpha value is -1.61. The molecule has 1 aliphatic heterocycles. The summed E-state index contributed by atoms with van der Waals surface area (Å²) in [6.45, 7) is 9.96. The van der Waals surface area contributed by atoms with Crippen LogP contribution in [0.2, 0.25) is 0 Å². The van der Waals surface area contributed by atoms with Gasteiger partial charge in [0.05, 0.1) is 5.56 Å². The zero-order chi connectivity index (χ0) is 14.5. The van der Waals surface area contributed by atoms with Gasteiger partial charge in [-0.25, -0.2) is 4.79 Å². The minimum atomic E-state index is -0.216. The molecule has 1 heterocycles. The van der Waals surface area contributed by atoms with Crippen LogP contribution in [0.25, 0.3) is 0 Å². The van der Waals surface area contributed by atoms with E-state index < -0.39 is 0 Å². The lowest BCUT2D eigenvalue weighted by Gasteiger charge is -2.40. The first kappa shape index (κ1) is 14.8. The fourth-order valence-electron chi connectivity index (χ4n) is 2.75. The molecule has 108 valence electrons. The van der Waals surface area contributed by atoms with Gasteiger partial charge in [0.15, 0.2) is 0 Å². The highest BCUT2D eigenvalue weighted by Crippen LogP contribution is 2.25. The summed E-state index contributed by atoms with van der Waals surface area (Å²) in [5, 5.41) is 0. The molecule has 0 N–H and O–H groups in total. The number of carbonyl (C=O) groups is 1. The molecule has 0 aromatic heterocycles. The van der Waals surface area contributed by atoms with Gasteiger partial charge in [0.2, 0.25) is 0 Å².